The van der Waals surface area contributed by atoms with Crippen LogP contribution in [0.15, 0.2) is 165 Å². The van der Waals surface area contributed by atoms with Gasteiger partial charge in [0.2, 0.25) is 0 Å². The average molecular weight is 1020 g/mol. The summed E-state index contributed by atoms with van der Waals surface area (Å²) in [5, 5.41) is 1.97. The quantitative estimate of drug-likeness (QED) is 0.0816. The Morgan fingerprint density at radius 3 is 0.588 bits per heavy atom. The van der Waals surface area contributed by atoms with Gasteiger partial charge in [0.1, 0.15) is 40.5 Å². The van der Waals surface area contributed by atoms with Gasteiger partial charge in [-0.05, 0) is 119 Å². The predicted molar refractivity (Wildman–Crippen MR) is 226 cm³/mol. The van der Waals surface area contributed by atoms with E-state index >= 15 is 0 Å². The summed E-state index contributed by atoms with van der Waals surface area (Å²) in [5.41, 5.74) is 5.93. The SMILES string of the molecule is O=S(=O)([O-])c1ccc(C2=c3ccc([nH]3)=C(c3ccc(S(=O)(=O)[O-])cc3)c3ccc([nH]3)C(c3ccc(S(=O)(=O)[O-])cc3)=c3ccc([nH]3)=C(c3ccc(S(=O)(=O)[O-])cc3)c3ccc2[nH]3)cc1.[Na+].[Na+].[Na+].[Na+]. The number of H-pyrrole nitrogens is 4. The first-order chi connectivity index (χ1) is 30.2. The van der Waals surface area contributed by atoms with Crippen molar-refractivity contribution >= 4 is 62.8 Å². The zero-order valence-corrected chi connectivity index (χ0v) is 47.7. The molecule has 68 heavy (non-hydrogen) atoms. The third kappa shape index (κ3) is 11.6. The summed E-state index contributed by atoms with van der Waals surface area (Å²) in [6, 6.07) is 35.4. The van der Waals surface area contributed by atoms with Gasteiger partial charge in [-0.3, -0.25) is 0 Å². The van der Waals surface area contributed by atoms with Crippen LogP contribution in [0.1, 0.15) is 45.0 Å². The van der Waals surface area contributed by atoms with E-state index in [1.54, 1.807) is 48.5 Å². The smallest absolute Gasteiger partial charge is 0.744 e. The van der Waals surface area contributed by atoms with Gasteiger partial charge in [0.15, 0.2) is 0 Å². The standard InChI is InChI=1S/C44H32N4O12S4.4Na/c49-61(50,51)29-9-1-25(2-10-29)41-33-17-19-35(45-33)42(26-3-11-30(12-4-26)62(52,53)54)37-21-23-39(47-37)44(28-7-15-32(16-8-28)64(58,59)60)40-24-22-38(48-40)43(36-20-18-34(41)46-36)27-5-13-31(14-6-27)63(55,56)57;;;;/h1-24,45-48H,(H,49,50,51)(H,52,53,54)(H,55,56,57)(H,58,59,60);;;;/q;4*+1/p-4. The van der Waals surface area contributed by atoms with Crippen molar-refractivity contribution in [3.63, 3.8) is 0 Å². The fraction of sp³-hybridized carbons (Fsp3) is 0. The number of rotatable bonds is 8. The van der Waals surface area contributed by atoms with Crippen LogP contribution in [0.25, 0.3) is 22.3 Å². The number of fused-ring (bicyclic) bond motifs is 8. The van der Waals surface area contributed by atoms with E-state index in [0.717, 1.165) is 0 Å². The van der Waals surface area contributed by atoms with Crippen LogP contribution in [-0.4, -0.2) is 71.8 Å². The van der Waals surface area contributed by atoms with Gasteiger partial charge >= 0.3 is 118 Å². The Kier molecular flexibility index (Phi) is 17.7. The maximum Gasteiger partial charge on any atom is 1.00 e. The molecule has 1 aliphatic rings. The van der Waals surface area contributed by atoms with Gasteiger partial charge in [-0.15, -0.1) is 0 Å². The molecule has 0 radical (unpaired) electrons. The first-order valence-electron chi connectivity index (χ1n) is 18.7. The Bertz CT molecular complexity index is 3420. The van der Waals surface area contributed by atoms with Crippen LogP contribution in [0.3, 0.4) is 0 Å². The van der Waals surface area contributed by atoms with Crippen molar-refractivity contribution in [1.82, 2.24) is 19.9 Å². The van der Waals surface area contributed by atoms with E-state index in [2.05, 4.69) is 19.9 Å². The van der Waals surface area contributed by atoms with E-state index in [9.17, 15) is 51.9 Å². The van der Waals surface area contributed by atoms with Crippen LogP contribution in [0, 0.1) is 0 Å². The second-order valence-electron chi connectivity index (χ2n) is 14.6. The molecule has 16 nitrogen and oxygen atoms in total. The second kappa shape index (κ2) is 21.5. The van der Waals surface area contributed by atoms with E-state index in [1.807, 2.05) is 0 Å². The molecule has 0 spiro atoms. The Hall–Kier alpha value is -2.88. The van der Waals surface area contributed by atoms with E-state index in [-0.39, 0.29) is 118 Å². The summed E-state index contributed by atoms with van der Waals surface area (Å²) in [7, 11) is -19.2. The van der Waals surface area contributed by atoms with Gasteiger partial charge in [0.25, 0.3) is 0 Å². The van der Waals surface area contributed by atoms with E-state index in [1.165, 1.54) is 97.1 Å². The molecule has 5 heterocycles. The van der Waals surface area contributed by atoms with Crippen LogP contribution < -0.4 is 140 Å². The summed E-state index contributed by atoms with van der Waals surface area (Å²) in [5.74, 6) is 0. The molecule has 0 aliphatic carbocycles. The maximum atomic E-state index is 11.9. The zero-order valence-electron chi connectivity index (χ0n) is 36.4. The first kappa shape index (κ1) is 56.0. The summed E-state index contributed by atoms with van der Waals surface area (Å²) >= 11 is 0. The molecule has 8 bridgehead atoms. The number of aromatic amines is 4. The monoisotopic (exact) mass is 1020 g/mol. The molecule has 0 saturated heterocycles. The molecule has 4 aromatic carbocycles. The number of benzene rings is 4. The van der Waals surface area contributed by atoms with Gasteiger partial charge < -0.3 is 38.1 Å². The van der Waals surface area contributed by atoms with E-state index in [4.69, 9.17) is 0 Å². The second-order valence-corrected chi connectivity index (χ2v) is 20.1. The number of nitrogens with one attached hydrogen (secondary N) is 4. The molecule has 24 heteroatoms. The van der Waals surface area contributed by atoms with Gasteiger partial charge in [-0.2, -0.15) is 0 Å². The largest absolute Gasteiger partial charge is 1.00 e. The summed E-state index contributed by atoms with van der Waals surface area (Å²) in [4.78, 5) is 12.0. The minimum absolute atomic E-state index is 0. The molecule has 8 aromatic rings. The molecule has 9 rings (SSSR count). The van der Waals surface area contributed by atoms with E-state index in [0.29, 0.717) is 88.7 Å². The molecule has 4 aromatic heterocycles. The summed E-state index contributed by atoms with van der Waals surface area (Å²) < 4.78 is 143. The van der Waals surface area contributed by atoms with E-state index < -0.39 is 60.1 Å². The minimum atomic E-state index is -4.80. The van der Waals surface area contributed by atoms with Crippen molar-refractivity contribution in [2.24, 2.45) is 0 Å². The van der Waals surface area contributed by atoms with Crippen molar-refractivity contribution < 1.29 is 170 Å². The van der Waals surface area contributed by atoms with Crippen LogP contribution in [-0.2, 0) is 40.5 Å². The van der Waals surface area contributed by atoms with Crippen LogP contribution in [0.4, 0.5) is 0 Å². The van der Waals surface area contributed by atoms with Gasteiger partial charge in [-0.25, -0.2) is 33.7 Å². The normalized spacial score (nSPS) is 12.9. The number of hydrogen-bond donors (Lipinski definition) is 4. The third-order valence-electron chi connectivity index (χ3n) is 10.6. The van der Waals surface area contributed by atoms with Gasteiger partial charge in [-0.1, -0.05) is 48.5 Å². The molecular weight excluding hydrogens is 997 g/mol. The molecule has 0 fully saturated rings. The molecule has 0 saturated carbocycles. The summed E-state index contributed by atoms with van der Waals surface area (Å²) in [6.45, 7) is 0. The summed E-state index contributed by atoms with van der Waals surface area (Å²) in [6.07, 6.45) is 0. The Balaban J connectivity index is 0.00000216. The molecule has 4 N–H and O–H groups in total. The molecule has 0 amide bonds. The topological polar surface area (TPSA) is 292 Å². The minimum Gasteiger partial charge on any atom is -0.744 e. The van der Waals surface area contributed by atoms with Gasteiger partial charge in [0.05, 0.1) is 19.6 Å². The van der Waals surface area contributed by atoms with Crippen molar-refractivity contribution in [2.75, 3.05) is 0 Å². The molecule has 324 valence electrons. The predicted octanol–water partition coefficient (Wildman–Crippen LogP) is -10.1. The Morgan fingerprint density at radius 2 is 0.426 bits per heavy atom. The molecular formula is C44H28N4Na4O12S4. The van der Waals surface area contributed by atoms with Crippen LogP contribution in [0.5, 0.6) is 0 Å². The Morgan fingerprint density at radius 1 is 0.250 bits per heavy atom. The Labute approximate surface area is 478 Å². The van der Waals surface area contributed by atoms with Crippen molar-refractivity contribution in [3.05, 3.63) is 212 Å². The van der Waals surface area contributed by atoms with Crippen LogP contribution >= 0.6 is 0 Å². The van der Waals surface area contributed by atoms with Crippen molar-refractivity contribution in [1.29, 1.82) is 0 Å². The fourth-order valence-corrected chi connectivity index (χ4v) is 9.60. The average Bonchev–Trinajstić information content (AvgIpc) is 4.08. The molecule has 1 aliphatic heterocycles. The third-order valence-corrected chi connectivity index (χ3v) is 14.0. The fourth-order valence-electron chi connectivity index (χ4n) is 7.72. The number of aromatic nitrogens is 4. The molecule has 0 unspecified atom stereocenters. The molecule has 0 atom stereocenters. The number of hydrogen-bond acceptors (Lipinski definition) is 12. The van der Waals surface area contributed by atoms with Crippen LogP contribution in [0.2, 0.25) is 0 Å². The van der Waals surface area contributed by atoms with Crippen molar-refractivity contribution in [2.45, 2.75) is 19.6 Å². The van der Waals surface area contributed by atoms with Gasteiger partial charge in [0, 0.05) is 66.5 Å². The first-order valence-corrected chi connectivity index (χ1v) is 24.4. The van der Waals surface area contributed by atoms with Crippen molar-refractivity contribution in [3.8, 4) is 0 Å². The maximum absolute atomic E-state index is 11.9. The zero-order chi connectivity index (χ0) is 45.3.